The number of primary amides is 1. The highest BCUT2D eigenvalue weighted by Crippen LogP contribution is 2.12. The predicted octanol–water partition coefficient (Wildman–Crippen LogP) is -1.77. The third-order valence-electron chi connectivity index (χ3n) is 7.31. The van der Waals surface area contributed by atoms with E-state index in [1.807, 2.05) is 0 Å². The van der Waals surface area contributed by atoms with Gasteiger partial charge in [0.2, 0.25) is 23.6 Å². The molecule has 1 aliphatic rings. The summed E-state index contributed by atoms with van der Waals surface area (Å²) < 4.78 is 0. The monoisotopic (exact) mass is 653 g/mol. The number of phenolic OH excluding ortho intramolecular Hbond substituents is 1. The largest absolute Gasteiger partial charge is 0.508 e. The lowest BCUT2D eigenvalue weighted by Gasteiger charge is -2.26. The molecule has 0 radical (unpaired) electrons. The third kappa shape index (κ3) is 12.9. The number of aromatic hydroxyl groups is 1. The third-order valence-corrected chi connectivity index (χ3v) is 7.31. The first kappa shape index (κ1) is 36.1. The minimum atomic E-state index is -1.14. The molecule has 3 rings (SSSR count). The first-order valence-electron chi connectivity index (χ1n) is 15.3. The van der Waals surface area contributed by atoms with Crippen molar-refractivity contribution < 1.29 is 33.9 Å². The molecule has 2 aromatic carbocycles. The van der Waals surface area contributed by atoms with E-state index >= 15 is 0 Å². The number of carbonyl (C=O) groups excluding carboxylic acids is 6. The number of nitrogens with one attached hydrogen (secondary N) is 7. The van der Waals surface area contributed by atoms with E-state index in [1.165, 1.54) is 12.1 Å². The Morgan fingerprint density at radius 2 is 1.53 bits per heavy atom. The van der Waals surface area contributed by atoms with E-state index in [1.54, 1.807) is 42.5 Å². The maximum atomic E-state index is 13.7. The molecule has 0 aliphatic carbocycles. The molecule has 0 bridgehead atoms. The van der Waals surface area contributed by atoms with Crippen molar-refractivity contribution in [3.05, 3.63) is 65.7 Å². The molecule has 47 heavy (non-hydrogen) atoms. The Morgan fingerprint density at radius 3 is 2.23 bits per heavy atom. The molecule has 1 saturated heterocycles. The molecule has 16 heteroatoms. The molecule has 2 aromatic rings. The van der Waals surface area contributed by atoms with Crippen LogP contribution in [0.5, 0.6) is 5.75 Å². The molecule has 0 saturated carbocycles. The standard InChI is InChI=1S/C31H43N9O7/c32-22(17-20-8-10-21(41)11-9-20)26(42)38-23-7-4-13-36-31(47)37-14-12-24(27(43)34-15-16-35-30(33)46)39-29(45)25(40-28(23)44)18-19-5-2-1-3-6-19/h1-3,5-6,8-11,22-25,41H,4,7,12-18,32H2,(H,34,43)(H,38,42)(H,39,45)(H,40,44)(H3,33,35,46)(H2,36,37,47)/t22-,23+,24-,25-/m0/s1. The number of hydrogen-bond donors (Lipinski definition) is 10. The molecule has 0 unspecified atom stereocenters. The van der Waals surface area contributed by atoms with Crippen molar-refractivity contribution in [1.82, 2.24) is 37.2 Å². The van der Waals surface area contributed by atoms with Crippen LogP contribution in [0, 0.1) is 0 Å². The molecule has 16 nitrogen and oxygen atoms in total. The fourth-order valence-corrected chi connectivity index (χ4v) is 4.79. The fourth-order valence-electron chi connectivity index (χ4n) is 4.79. The molecule has 254 valence electrons. The van der Waals surface area contributed by atoms with Gasteiger partial charge in [0.05, 0.1) is 6.04 Å². The summed E-state index contributed by atoms with van der Waals surface area (Å²) in [6, 6.07) is 9.52. The van der Waals surface area contributed by atoms with Crippen LogP contribution in [0.2, 0.25) is 0 Å². The van der Waals surface area contributed by atoms with Gasteiger partial charge in [-0.15, -0.1) is 0 Å². The summed E-state index contributed by atoms with van der Waals surface area (Å²) in [4.78, 5) is 76.8. The first-order valence-corrected chi connectivity index (χ1v) is 15.3. The second-order valence-electron chi connectivity index (χ2n) is 11.0. The molecular formula is C31H43N9O7. The Morgan fingerprint density at radius 1 is 0.851 bits per heavy atom. The van der Waals surface area contributed by atoms with Gasteiger partial charge in [-0.2, -0.15) is 0 Å². The van der Waals surface area contributed by atoms with E-state index in [0.29, 0.717) is 12.0 Å². The lowest BCUT2D eigenvalue weighted by molar-refractivity contribution is -0.134. The number of hydrogen-bond acceptors (Lipinski definition) is 8. The van der Waals surface area contributed by atoms with Gasteiger partial charge in [-0.1, -0.05) is 42.5 Å². The second kappa shape index (κ2) is 18.6. The Kier molecular flexibility index (Phi) is 14.2. The van der Waals surface area contributed by atoms with Crippen LogP contribution in [0.3, 0.4) is 0 Å². The fraction of sp³-hybridized carbons (Fsp3) is 0.419. The Hall–Kier alpha value is -5.38. The van der Waals surface area contributed by atoms with Crippen molar-refractivity contribution in [2.45, 2.75) is 56.3 Å². The van der Waals surface area contributed by atoms with Gasteiger partial charge in [-0.25, -0.2) is 9.59 Å². The highest BCUT2D eigenvalue weighted by Gasteiger charge is 2.31. The Balaban J connectivity index is 1.80. The number of carbonyl (C=O) groups is 6. The van der Waals surface area contributed by atoms with Crippen LogP contribution in [-0.4, -0.2) is 91.1 Å². The van der Waals surface area contributed by atoms with Gasteiger partial charge in [0, 0.05) is 32.6 Å². The quantitative estimate of drug-likeness (QED) is 0.131. The summed E-state index contributed by atoms with van der Waals surface area (Å²) in [6.07, 6.45) is 0.669. The van der Waals surface area contributed by atoms with Crippen molar-refractivity contribution >= 4 is 35.7 Å². The van der Waals surface area contributed by atoms with E-state index < -0.39 is 59.9 Å². The zero-order valence-corrected chi connectivity index (χ0v) is 25.9. The van der Waals surface area contributed by atoms with Crippen molar-refractivity contribution in [3.8, 4) is 5.75 Å². The highest BCUT2D eigenvalue weighted by molar-refractivity contribution is 5.95. The molecule has 1 heterocycles. The van der Waals surface area contributed by atoms with Crippen LogP contribution in [0.15, 0.2) is 54.6 Å². The van der Waals surface area contributed by atoms with Gasteiger partial charge in [0.1, 0.15) is 23.9 Å². The summed E-state index contributed by atoms with van der Waals surface area (Å²) in [5, 5.41) is 27.9. The van der Waals surface area contributed by atoms with Crippen molar-refractivity contribution in [2.75, 3.05) is 26.2 Å². The topological polar surface area (TPSA) is 259 Å². The van der Waals surface area contributed by atoms with Crippen LogP contribution in [0.1, 0.15) is 30.4 Å². The van der Waals surface area contributed by atoms with Crippen LogP contribution in [-0.2, 0) is 32.0 Å². The van der Waals surface area contributed by atoms with Crippen LogP contribution in [0.4, 0.5) is 9.59 Å². The molecule has 1 fully saturated rings. The van der Waals surface area contributed by atoms with Crippen molar-refractivity contribution in [1.29, 1.82) is 0 Å². The minimum Gasteiger partial charge on any atom is -0.508 e. The molecular weight excluding hydrogens is 610 g/mol. The van der Waals surface area contributed by atoms with Gasteiger partial charge in [-0.3, -0.25) is 19.2 Å². The van der Waals surface area contributed by atoms with Crippen molar-refractivity contribution in [2.24, 2.45) is 11.5 Å². The summed E-state index contributed by atoms with van der Waals surface area (Å²) >= 11 is 0. The lowest BCUT2D eigenvalue weighted by atomic mass is 10.0. The van der Waals surface area contributed by atoms with Gasteiger partial charge >= 0.3 is 12.1 Å². The summed E-state index contributed by atoms with van der Waals surface area (Å²) in [5.74, 6) is -2.42. The maximum absolute atomic E-state index is 13.7. The molecule has 4 atom stereocenters. The average Bonchev–Trinajstić information content (AvgIpc) is 3.04. The molecule has 0 aromatic heterocycles. The maximum Gasteiger partial charge on any atom is 0.314 e. The summed E-state index contributed by atoms with van der Waals surface area (Å²) in [5.41, 5.74) is 12.6. The van der Waals surface area contributed by atoms with Crippen LogP contribution in [0.25, 0.3) is 0 Å². The van der Waals surface area contributed by atoms with Gasteiger partial charge in [0.25, 0.3) is 0 Å². The molecule has 8 amide bonds. The Bertz CT molecular complexity index is 1380. The highest BCUT2D eigenvalue weighted by atomic mass is 16.3. The van der Waals surface area contributed by atoms with Gasteiger partial charge < -0.3 is 53.8 Å². The summed E-state index contributed by atoms with van der Waals surface area (Å²) in [6.45, 7) is 0.298. The lowest BCUT2D eigenvalue weighted by Crippen LogP contribution is -2.58. The van der Waals surface area contributed by atoms with E-state index in [9.17, 15) is 33.9 Å². The number of benzene rings is 2. The van der Waals surface area contributed by atoms with E-state index in [2.05, 4.69) is 37.2 Å². The molecule has 12 N–H and O–H groups in total. The number of amides is 8. The normalized spacial score (nSPS) is 20.0. The zero-order valence-electron chi connectivity index (χ0n) is 25.9. The van der Waals surface area contributed by atoms with E-state index in [4.69, 9.17) is 11.5 Å². The number of urea groups is 2. The van der Waals surface area contributed by atoms with Crippen LogP contribution >= 0.6 is 0 Å². The minimum absolute atomic E-state index is 0.0256. The Labute approximate surface area is 272 Å². The number of rotatable bonds is 10. The smallest absolute Gasteiger partial charge is 0.314 e. The van der Waals surface area contributed by atoms with E-state index in [-0.39, 0.29) is 57.6 Å². The number of phenols is 1. The van der Waals surface area contributed by atoms with Gasteiger partial charge in [-0.05, 0) is 48.9 Å². The predicted molar refractivity (Wildman–Crippen MR) is 172 cm³/mol. The summed E-state index contributed by atoms with van der Waals surface area (Å²) in [7, 11) is 0. The average molecular weight is 654 g/mol. The van der Waals surface area contributed by atoms with Crippen LogP contribution < -0.4 is 48.7 Å². The first-order chi connectivity index (χ1) is 22.5. The SMILES string of the molecule is NC(=O)NCCNC(=O)[C@@H]1CCNC(=O)NCCC[C@@H](NC(=O)[C@@H](N)Cc2ccc(O)cc2)C(=O)N[C@@H](Cc2ccccc2)C(=O)N1. The molecule has 0 spiro atoms. The van der Waals surface area contributed by atoms with Crippen molar-refractivity contribution in [3.63, 3.8) is 0 Å². The molecule has 1 aliphatic heterocycles. The van der Waals surface area contributed by atoms with Gasteiger partial charge in [0.15, 0.2) is 0 Å². The zero-order chi connectivity index (χ0) is 34.2. The number of nitrogens with two attached hydrogens (primary N) is 2. The van der Waals surface area contributed by atoms with E-state index in [0.717, 1.165) is 5.56 Å². The second-order valence-corrected chi connectivity index (χ2v) is 11.0.